The number of hydrogen-bond donors (Lipinski definition) is 1. The third kappa shape index (κ3) is 2.25. The first-order valence-electron chi connectivity index (χ1n) is 5.82. The number of halogens is 1. The van der Waals surface area contributed by atoms with Crippen LogP contribution in [0.15, 0.2) is 20.8 Å². The van der Waals surface area contributed by atoms with Gasteiger partial charge in [0.25, 0.3) is 0 Å². The van der Waals surface area contributed by atoms with Crippen LogP contribution in [-0.4, -0.2) is 34.4 Å². The Labute approximate surface area is 125 Å². The zero-order chi connectivity index (χ0) is 15.0. The van der Waals surface area contributed by atoms with E-state index in [1.165, 1.54) is 24.8 Å². The largest absolute Gasteiger partial charge is 0.472 e. The number of aromatic nitrogens is 7. The molecule has 0 spiro atoms. The summed E-state index contributed by atoms with van der Waals surface area (Å²) in [6, 6.07) is 1.56. The molecule has 0 aliphatic carbocycles. The number of rotatable bonds is 4. The number of aryl methyl sites for hydroxylation is 1. The van der Waals surface area contributed by atoms with Crippen LogP contribution in [0.25, 0.3) is 5.82 Å². The van der Waals surface area contributed by atoms with Crippen LogP contribution in [0, 0.1) is 0 Å². The first kappa shape index (κ1) is 11.8. The minimum absolute atomic E-state index is 0.131. The van der Waals surface area contributed by atoms with Crippen molar-refractivity contribution in [2.75, 3.05) is 0 Å². The molecule has 0 amide bonds. The third-order valence-corrected chi connectivity index (χ3v) is 4.03. The molecule has 20 heavy (non-hydrogen) atoms. The molecule has 3 heterocycles. The average Bonchev–Trinajstić information content (AvgIpc) is 3.11. The second-order valence-corrected chi connectivity index (χ2v) is 5.80. The lowest BCUT2D eigenvalue weighted by Gasteiger charge is -2.03. The smallest absolute Gasteiger partial charge is 0.369 e. The van der Waals surface area contributed by atoms with Gasteiger partial charge in [-0.3, -0.25) is 5.09 Å². The van der Waals surface area contributed by atoms with E-state index in [9.17, 15) is 4.79 Å². The molecule has 0 bridgehead atoms. The van der Waals surface area contributed by atoms with Crippen molar-refractivity contribution in [2.24, 2.45) is 7.05 Å². The van der Waals surface area contributed by atoms with Crippen molar-refractivity contribution in [1.29, 1.82) is 0 Å². The fourth-order valence-electron chi connectivity index (χ4n) is 1.46. The summed E-state index contributed by atoms with van der Waals surface area (Å²) in [6.07, 6.45) is 1.45. The number of hydrogen-bond acceptors (Lipinski definition) is 7. The molecular formula is C9H8BrN7O2S. The van der Waals surface area contributed by atoms with Gasteiger partial charge in [0.2, 0.25) is 5.88 Å². The minimum atomic E-state index is -0.399. The molecule has 0 unspecified atom stereocenters. The number of tetrazole rings is 1. The van der Waals surface area contributed by atoms with Crippen LogP contribution in [0.3, 0.4) is 0 Å². The Hall–Kier alpha value is -2.01. The molecule has 0 saturated carbocycles. The van der Waals surface area contributed by atoms with E-state index in [2.05, 4.69) is 35.8 Å². The van der Waals surface area contributed by atoms with E-state index in [0.29, 0.717) is 17.3 Å². The summed E-state index contributed by atoms with van der Waals surface area (Å²) >= 11 is 4.54. The molecule has 3 aromatic rings. The molecule has 9 nitrogen and oxygen atoms in total. The maximum Gasteiger partial charge on any atom is 0.369 e. The monoisotopic (exact) mass is 359 g/mol. The van der Waals surface area contributed by atoms with Crippen LogP contribution in [-0.2, 0) is 13.7 Å². The Morgan fingerprint density at radius 1 is 1.60 bits per heavy atom. The Balaban J connectivity index is 1.90. The quantitative estimate of drug-likeness (QED) is 0.726. The molecule has 0 aliphatic heterocycles. The first-order valence-corrected chi connectivity index (χ1v) is 6.94. The Bertz CT molecular complexity index is 837. The molecule has 11 heteroatoms. The van der Waals surface area contributed by atoms with Crippen molar-refractivity contribution >= 4 is 27.5 Å². The van der Waals surface area contributed by atoms with Gasteiger partial charge in [-0.25, -0.2) is 4.79 Å². The Morgan fingerprint density at radius 3 is 3.10 bits per heavy atom. The summed E-state index contributed by atoms with van der Waals surface area (Å²) in [5.74, 6) is 0.663. The topological polar surface area (TPSA) is 104 Å². The lowest BCUT2D eigenvalue weighted by molar-refractivity contribution is 0.292. The number of H-pyrrole nitrogens is 1. The number of ether oxygens (including phenoxy) is 1. The molecule has 104 valence electrons. The molecule has 3 aromatic heterocycles. The number of aromatic amines is 1. The second-order valence-electron chi connectivity index (χ2n) is 3.71. The van der Waals surface area contributed by atoms with Crippen molar-refractivity contribution < 1.29 is 6.15 Å². The maximum atomic E-state index is 11.9. The lowest BCUT2D eigenvalue weighted by Crippen LogP contribution is -2.23. The number of nitrogens with zero attached hydrogens (tertiary/aromatic N) is 6. The molecule has 0 saturated heterocycles. The van der Waals surface area contributed by atoms with Gasteiger partial charge in [-0.05, 0) is 37.9 Å². The number of nitrogens with one attached hydrogen (secondary N) is 1. The Kier molecular flexibility index (Phi) is 3.05. The van der Waals surface area contributed by atoms with Crippen LogP contribution in [0.2, 0.25) is 1.41 Å². The lowest BCUT2D eigenvalue weighted by atomic mass is 10.3. The highest BCUT2D eigenvalue weighted by molar-refractivity contribution is 9.11. The maximum absolute atomic E-state index is 11.9. The van der Waals surface area contributed by atoms with E-state index >= 15 is 0 Å². The highest BCUT2D eigenvalue weighted by Gasteiger charge is 2.18. The van der Waals surface area contributed by atoms with Crippen molar-refractivity contribution in [3.63, 3.8) is 0 Å². The van der Waals surface area contributed by atoms with Crippen LogP contribution >= 0.6 is 27.5 Å². The zero-order valence-electron chi connectivity index (χ0n) is 11.1. The second kappa shape index (κ2) is 5.17. The Morgan fingerprint density at radius 2 is 2.45 bits per heavy atom. The highest BCUT2D eigenvalue weighted by atomic mass is 79.9. The summed E-state index contributed by atoms with van der Waals surface area (Å²) in [5.41, 5.74) is 0.256. The van der Waals surface area contributed by atoms with Gasteiger partial charge >= 0.3 is 5.69 Å². The molecule has 0 aromatic carbocycles. The molecule has 0 radical (unpaired) electrons. The van der Waals surface area contributed by atoms with Gasteiger partial charge in [0, 0.05) is 19.3 Å². The molecule has 0 atom stereocenters. The summed E-state index contributed by atoms with van der Waals surface area (Å²) in [4.78, 5) is 11.9. The van der Waals surface area contributed by atoms with Crippen molar-refractivity contribution in [3.8, 4) is 11.7 Å². The fourth-order valence-corrected chi connectivity index (χ4v) is 2.58. The van der Waals surface area contributed by atoms with Gasteiger partial charge in [0.05, 0.1) is 9.35 Å². The van der Waals surface area contributed by atoms with Gasteiger partial charge in [-0.1, -0.05) is 0 Å². The summed E-state index contributed by atoms with van der Waals surface area (Å²) in [6.45, 7) is 0.131. The predicted octanol–water partition coefficient (Wildman–Crippen LogP) is 0.487. The van der Waals surface area contributed by atoms with E-state index in [1.807, 2.05) is 0 Å². The van der Waals surface area contributed by atoms with E-state index < -0.39 is 5.69 Å². The highest BCUT2D eigenvalue weighted by Crippen LogP contribution is 2.27. The zero-order valence-corrected chi connectivity index (χ0v) is 12.5. The van der Waals surface area contributed by atoms with E-state index in [-0.39, 0.29) is 6.61 Å². The predicted molar refractivity (Wildman–Crippen MR) is 72.9 cm³/mol. The summed E-state index contributed by atoms with van der Waals surface area (Å²) in [7, 11) is 1.50. The normalized spacial score (nSPS) is 11.6. The van der Waals surface area contributed by atoms with Crippen LogP contribution in [0.1, 0.15) is 5.56 Å². The third-order valence-electron chi connectivity index (χ3n) is 2.45. The standard InChI is InChI=1S/C9H8BrN7O2S/c1-16-9(18)17(15-14-16)8-5(7(10)20-13-8)4-19-6-2-3-11-12-6/h2-3H,4H2,1H3,(H,11,12)/i/hT. The van der Waals surface area contributed by atoms with E-state index in [0.717, 1.165) is 18.2 Å². The van der Waals surface area contributed by atoms with Gasteiger partial charge in [0.1, 0.15) is 6.61 Å². The van der Waals surface area contributed by atoms with Crippen LogP contribution in [0.5, 0.6) is 5.88 Å². The van der Waals surface area contributed by atoms with Crippen molar-refractivity contribution in [3.05, 3.63) is 32.1 Å². The van der Waals surface area contributed by atoms with Crippen molar-refractivity contribution in [1.82, 2.24) is 34.4 Å². The summed E-state index contributed by atoms with van der Waals surface area (Å²) < 4.78 is 19.8. The van der Waals surface area contributed by atoms with E-state index in [1.54, 1.807) is 6.07 Å². The molecule has 3 rings (SSSR count). The molecule has 0 fully saturated rings. The van der Waals surface area contributed by atoms with Crippen LogP contribution in [0.4, 0.5) is 0 Å². The van der Waals surface area contributed by atoms with Gasteiger partial charge in [-0.15, -0.1) is 9.78 Å². The van der Waals surface area contributed by atoms with Gasteiger partial charge in [-0.2, -0.15) is 9.06 Å². The fraction of sp³-hybridized carbons (Fsp3) is 0.222. The first-order chi connectivity index (χ1) is 10.1. The van der Waals surface area contributed by atoms with Gasteiger partial charge < -0.3 is 4.74 Å². The molecular weight excluding hydrogens is 350 g/mol. The van der Waals surface area contributed by atoms with Crippen LogP contribution < -0.4 is 10.4 Å². The molecule has 1 N–H and O–H groups in total. The van der Waals surface area contributed by atoms with Gasteiger partial charge in [0.15, 0.2) is 7.23 Å². The minimum Gasteiger partial charge on any atom is -0.472 e. The van der Waals surface area contributed by atoms with Crippen molar-refractivity contribution in [2.45, 2.75) is 6.61 Å². The molecule has 0 aliphatic rings. The average molecular weight is 360 g/mol. The SMILES string of the molecule is [3H]n1ccc(OCc2c(-n3nnn(C)c3=O)nsc2Br)n1. The summed E-state index contributed by atoms with van der Waals surface area (Å²) in [5, 5.41) is 12.1. The van der Waals surface area contributed by atoms with E-state index in [4.69, 9.17) is 6.15 Å².